The first-order valence-corrected chi connectivity index (χ1v) is 11.0. The number of sulfone groups is 1. The second kappa shape index (κ2) is 6.88. The number of aryl methyl sites for hydroxylation is 1. The van der Waals surface area contributed by atoms with Gasteiger partial charge in [0, 0.05) is 23.7 Å². The summed E-state index contributed by atoms with van der Waals surface area (Å²) in [5, 5.41) is 5.55. The first-order valence-electron chi connectivity index (χ1n) is 8.27. The van der Waals surface area contributed by atoms with Gasteiger partial charge in [0.25, 0.3) is 0 Å². The minimum absolute atomic E-state index is 0.169. The largest absolute Gasteiger partial charge is 0.354 e. The summed E-state index contributed by atoms with van der Waals surface area (Å²) in [5.74, 6) is -0.185. The summed E-state index contributed by atoms with van der Waals surface area (Å²) < 4.78 is 23.1. The van der Waals surface area contributed by atoms with Crippen molar-refractivity contribution in [3.05, 3.63) is 40.9 Å². The molecule has 2 aromatic rings. The van der Waals surface area contributed by atoms with Gasteiger partial charge in [-0.1, -0.05) is 36.2 Å². The molecule has 1 saturated carbocycles. The molecule has 0 saturated heterocycles. The molecule has 1 amide bonds. The van der Waals surface area contributed by atoms with E-state index in [0.717, 1.165) is 17.0 Å². The van der Waals surface area contributed by atoms with E-state index in [-0.39, 0.29) is 18.9 Å². The van der Waals surface area contributed by atoms with Crippen LogP contribution < -0.4 is 5.32 Å². The molecule has 1 aliphatic rings. The van der Waals surface area contributed by atoms with Gasteiger partial charge in [0.1, 0.15) is 5.01 Å². The van der Waals surface area contributed by atoms with Gasteiger partial charge in [-0.25, -0.2) is 13.4 Å². The maximum Gasteiger partial charge on any atom is 0.226 e. The fraction of sp³-hybridized carbons (Fsp3) is 0.444. The van der Waals surface area contributed by atoms with Gasteiger partial charge < -0.3 is 5.32 Å². The van der Waals surface area contributed by atoms with Gasteiger partial charge >= 0.3 is 0 Å². The maximum atomic E-state index is 12.2. The van der Waals surface area contributed by atoms with Gasteiger partial charge in [0.05, 0.1) is 16.9 Å². The van der Waals surface area contributed by atoms with Crippen molar-refractivity contribution in [1.82, 2.24) is 10.3 Å². The molecule has 0 atom stereocenters. The van der Waals surface area contributed by atoms with Gasteiger partial charge in [-0.3, -0.25) is 4.79 Å². The van der Waals surface area contributed by atoms with Crippen LogP contribution in [-0.4, -0.2) is 36.9 Å². The number of thiazole rings is 1. The normalized spacial score (nSPS) is 16.2. The number of rotatable bonds is 6. The monoisotopic (exact) mass is 378 g/mol. The van der Waals surface area contributed by atoms with E-state index in [2.05, 4.69) is 10.3 Å². The van der Waals surface area contributed by atoms with Crippen LogP contribution >= 0.6 is 11.3 Å². The van der Waals surface area contributed by atoms with E-state index < -0.39 is 14.6 Å². The molecule has 1 aliphatic carbocycles. The summed E-state index contributed by atoms with van der Waals surface area (Å²) in [7, 11) is -3.16. The molecule has 0 spiro atoms. The van der Waals surface area contributed by atoms with Crippen molar-refractivity contribution in [3.63, 3.8) is 0 Å². The predicted molar refractivity (Wildman–Crippen MR) is 100 cm³/mol. The Bertz CT molecular complexity index is 866. The molecule has 25 heavy (non-hydrogen) atoms. The number of amides is 1. The number of nitrogens with one attached hydrogen (secondary N) is 1. The average Bonchev–Trinajstić information content (AvgIpc) is 2.93. The third-order valence-electron chi connectivity index (χ3n) is 4.85. The van der Waals surface area contributed by atoms with E-state index in [1.807, 2.05) is 36.6 Å². The Morgan fingerprint density at radius 2 is 1.96 bits per heavy atom. The Morgan fingerprint density at radius 1 is 1.28 bits per heavy atom. The summed E-state index contributed by atoms with van der Waals surface area (Å²) in [6.45, 7) is 2.23. The molecule has 1 heterocycles. The zero-order valence-corrected chi connectivity index (χ0v) is 16.0. The average molecular weight is 379 g/mol. The van der Waals surface area contributed by atoms with Crippen LogP contribution in [0.2, 0.25) is 0 Å². The molecule has 1 aromatic heterocycles. The van der Waals surface area contributed by atoms with Crippen molar-refractivity contribution >= 4 is 27.1 Å². The van der Waals surface area contributed by atoms with Crippen LogP contribution in [0.25, 0.3) is 10.6 Å². The van der Waals surface area contributed by atoms with Crippen LogP contribution in [0.5, 0.6) is 0 Å². The zero-order valence-electron chi connectivity index (χ0n) is 14.4. The lowest BCUT2D eigenvalue weighted by Crippen LogP contribution is -2.53. The highest BCUT2D eigenvalue weighted by atomic mass is 32.2. The number of benzene rings is 1. The molecule has 1 fully saturated rings. The number of hydrogen-bond donors (Lipinski definition) is 1. The Balaban J connectivity index is 1.59. The molecule has 1 N–H and O–H groups in total. The van der Waals surface area contributed by atoms with E-state index in [0.29, 0.717) is 18.5 Å². The van der Waals surface area contributed by atoms with Gasteiger partial charge in [0.15, 0.2) is 9.84 Å². The SMILES string of the molecule is Cc1ccc(-c2nc(CC(=O)NCC3(S(C)(=O)=O)CCC3)cs2)cc1. The standard InChI is InChI=1S/C18H22N2O3S2/c1-13-4-6-14(7-5-13)17-20-15(11-24-17)10-16(21)19-12-18(8-3-9-18)25(2,22)23/h4-7,11H,3,8-10,12H2,1-2H3,(H,19,21). The van der Waals surface area contributed by atoms with Crippen molar-refractivity contribution < 1.29 is 13.2 Å². The van der Waals surface area contributed by atoms with Crippen molar-refractivity contribution in [1.29, 1.82) is 0 Å². The minimum atomic E-state index is -3.16. The lowest BCUT2D eigenvalue weighted by molar-refractivity contribution is -0.120. The molecule has 3 rings (SSSR count). The predicted octanol–water partition coefficient (Wildman–Crippen LogP) is 2.74. The second-order valence-corrected chi connectivity index (χ2v) is 10.0. The van der Waals surface area contributed by atoms with Crippen molar-refractivity contribution in [3.8, 4) is 10.6 Å². The van der Waals surface area contributed by atoms with Crippen LogP contribution in [0.15, 0.2) is 29.6 Å². The fourth-order valence-corrected chi connectivity index (χ4v) is 5.14. The molecule has 5 nitrogen and oxygen atoms in total. The Hall–Kier alpha value is -1.73. The van der Waals surface area contributed by atoms with E-state index in [1.165, 1.54) is 23.2 Å². The lowest BCUT2D eigenvalue weighted by atomic mass is 9.84. The quantitative estimate of drug-likeness (QED) is 0.839. The Kier molecular flexibility index (Phi) is 4.97. The first-order chi connectivity index (χ1) is 11.8. The Labute approximate surface area is 152 Å². The number of carbonyl (C=O) groups excluding carboxylic acids is 1. The topological polar surface area (TPSA) is 76.1 Å². The van der Waals surface area contributed by atoms with Crippen molar-refractivity contribution in [2.75, 3.05) is 12.8 Å². The molecule has 0 radical (unpaired) electrons. The highest BCUT2D eigenvalue weighted by Gasteiger charge is 2.46. The van der Waals surface area contributed by atoms with E-state index in [4.69, 9.17) is 0 Å². The zero-order chi connectivity index (χ0) is 18.1. The van der Waals surface area contributed by atoms with Crippen LogP contribution in [0, 0.1) is 6.92 Å². The Morgan fingerprint density at radius 3 is 2.52 bits per heavy atom. The summed E-state index contributed by atoms with van der Waals surface area (Å²) in [4.78, 5) is 16.7. The molecule has 0 aliphatic heterocycles. The molecule has 1 aromatic carbocycles. The molecule has 134 valence electrons. The maximum absolute atomic E-state index is 12.2. The van der Waals surface area contributed by atoms with Crippen LogP contribution in [-0.2, 0) is 21.1 Å². The molecular formula is C18H22N2O3S2. The molecule has 0 bridgehead atoms. The lowest BCUT2D eigenvalue weighted by Gasteiger charge is -2.39. The summed E-state index contributed by atoms with van der Waals surface area (Å²) in [6.07, 6.45) is 3.57. The smallest absolute Gasteiger partial charge is 0.226 e. The molecular weight excluding hydrogens is 356 g/mol. The second-order valence-electron chi connectivity index (χ2n) is 6.77. The highest BCUT2D eigenvalue weighted by molar-refractivity contribution is 7.92. The third kappa shape index (κ3) is 3.93. The number of aromatic nitrogens is 1. The van der Waals surface area contributed by atoms with Gasteiger partial charge in [-0.05, 0) is 19.8 Å². The van der Waals surface area contributed by atoms with Crippen molar-refractivity contribution in [2.24, 2.45) is 0 Å². The summed E-state index contributed by atoms with van der Waals surface area (Å²) in [6, 6.07) is 8.10. The van der Waals surface area contributed by atoms with Crippen LogP contribution in [0.3, 0.4) is 0 Å². The van der Waals surface area contributed by atoms with Gasteiger partial charge in [0.2, 0.25) is 5.91 Å². The van der Waals surface area contributed by atoms with E-state index in [9.17, 15) is 13.2 Å². The van der Waals surface area contributed by atoms with Crippen LogP contribution in [0.1, 0.15) is 30.5 Å². The van der Waals surface area contributed by atoms with Crippen LogP contribution in [0.4, 0.5) is 0 Å². The van der Waals surface area contributed by atoms with E-state index >= 15 is 0 Å². The van der Waals surface area contributed by atoms with Gasteiger partial charge in [-0.15, -0.1) is 11.3 Å². The molecule has 0 unspecified atom stereocenters. The van der Waals surface area contributed by atoms with Crippen molar-refractivity contribution in [2.45, 2.75) is 37.4 Å². The van der Waals surface area contributed by atoms with Gasteiger partial charge in [-0.2, -0.15) is 0 Å². The third-order valence-corrected chi connectivity index (χ3v) is 7.92. The highest BCUT2D eigenvalue weighted by Crippen LogP contribution is 2.38. The summed E-state index contributed by atoms with van der Waals surface area (Å²) >= 11 is 1.51. The minimum Gasteiger partial charge on any atom is -0.354 e. The van der Waals surface area contributed by atoms with E-state index in [1.54, 1.807) is 0 Å². The first kappa shape index (κ1) is 18.1. The molecule has 7 heteroatoms. The number of hydrogen-bond acceptors (Lipinski definition) is 5. The summed E-state index contributed by atoms with van der Waals surface area (Å²) in [5.41, 5.74) is 2.93. The number of carbonyl (C=O) groups is 1. The number of nitrogens with zero attached hydrogens (tertiary/aromatic N) is 1. The fourth-order valence-electron chi connectivity index (χ4n) is 2.95.